The van der Waals surface area contributed by atoms with E-state index in [2.05, 4.69) is 5.32 Å². The number of nitrogens with zero attached hydrogens (tertiary/aromatic N) is 1. The summed E-state index contributed by atoms with van der Waals surface area (Å²) in [5.74, 6) is 0.167. The quantitative estimate of drug-likeness (QED) is 0.678. The van der Waals surface area contributed by atoms with Crippen molar-refractivity contribution in [2.45, 2.75) is 44.8 Å². The monoisotopic (exact) mass is 256 g/mol. The molecule has 2 N–H and O–H groups in total. The lowest BCUT2D eigenvalue weighted by Gasteiger charge is -2.47. The van der Waals surface area contributed by atoms with Crippen molar-refractivity contribution in [1.82, 2.24) is 10.2 Å². The molecule has 18 heavy (non-hydrogen) atoms. The van der Waals surface area contributed by atoms with Gasteiger partial charge in [0.15, 0.2) is 0 Å². The zero-order valence-corrected chi connectivity index (χ0v) is 11.5. The molecule has 2 rings (SSSR count). The number of fused-ring (bicyclic) bond motifs is 1. The van der Waals surface area contributed by atoms with Gasteiger partial charge in [0.25, 0.3) is 0 Å². The van der Waals surface area contributed by atoms with Crippen molar-refractivity contribution >= 4 is 6.09 Å². The van der Waals surface area contributed by atoms with Crippen molar-refractivity contribution in [3.05, 3.63) is 0 Å². The van der Waals surface area contributed by atoms with E-state index in [-0.39, 0.29) is 12.0 Å². The molecule has 2 unspecified atom stereocenters. The molecule has 0 spiro atoms. The number of aliphatic hydroxyl groups is 1. The summed E-state index contributed by atoms with van der Waals surface area (Å²) < 4.78 is 5.38. The average molecular weight is 256 g/mol. The van der Waals surface area contributed by atoms with Gasteiger partial charge in [-0.3, -0.25) is 0 Å². The summed E-state index contributed by atoms with van der Waals surface area (Å²) in [6.07, 6.45) is 1.28. The third kappa shape index (κ3) is 2.95. The molecule has 2 heterocycles. The number of nitrogens with one attached hydrogen (secondary N) is 1. The van der Waals surface area contributed by atoms with Crippen LogP contribution >= 0.6 is 0 Å². The third-order valence-electron chi connectivity index (χ3n) is 3.77. The Hall–Kier alpha value is -0.810. The van der Waals surface area contributed by atoms with Crippen LogP contribution in [0.5, 0.6) is 0 Å². The Morgan fingerprint density at radius 1 is 1.50 bits per heavy atom. The van der Waals surface area contributed by atoms with Crippen LogP contribution in [0.2, 0.25) is 0 Å². The summed E-state index contributed by atoms with van der Waals surface area (Å²) in [7, 11) is 0. The highest BCUT2D eigenvalue weighted by Gasteiger charge is 2.44. The first-order valence-corrected chi connectivity index (χ1v) is 6.71. The number of carbonyl (C=O) groups excluding carboxylic acids is 1. The normalized spacial score (nSPS) is 32.9. The number of hydrogen-bond donors (Lipinski definition) is 2. The van der Waals surface area contributed by atoms with Gasteiger partial charge in [-0.05, 0) is 40.2 Å². The molecule has 2 saturated heterocycles. The Morgan fingerprint density at radius 2 is 2.22 bits per heavy atom. The number of rotatable bonds is 0. The summed E-state index contributed by atoms with van der Waals surface area (Å²) in [5.41, 5.74) is -1.10. The third-order valence-corrected chi connectivity index (χ3v) is 3.77. The maximum atomic E-state index is 12.0. The zero-order valence-electron chi connectivity index (χ0n) is 11.5. The summed E-state index contributed by atoms with van der Waals surface area (Å²) in [6, 6.07) is 0. The smallest absolute Gasteiger partial charge is 0.410 e. The van der Waals surface area contributed by atoms with E-state index in [1.165, 1.54) is 0 Å². The van der Waals surface area contributed by atoms with E-state index in [9.17, 15) is 9.90 Å². The number of piperidine rings is 2. The summed E-state index contributed by atoms with van der Waals surface area (Å²) in [5, 5.41) is 13.7. The first kappa shape index (κ1) is 13.6. The fraction of sp³-hybridized carbons (Fsp3) is 0.923. The molecule has 0 radical (unpaired) electrons. The summed E-state index contributed by atoms with van der Waals surface area (Å²) >= 11 is 0. The van der Waals surface area contributed by atoms with Gasteiger partial charge >= 0.3 is 6.09 Å². The van der Waals surface area contributed by atoms with E-state index in [0.29, 0.717) is 26.1 Å². The molecule has 0 aromatic heterocycles. The molecule has 0 saturated carbocycles. The van der Waals surface area contributed by atoms with Gasteiger partial charge in [0.1, 0.15) is 5.60 Å². The van der Waals surface area contributed by atoms with E-state index in [0.717, 1.165) is 13.0 Å². The van der Waals surface area contributed by atoms with Crippen molar-refractivity contribution < 1.29 is 14.6 Å². The predicted molar refractivity (Wildman–Crippen MR) is 68.4 cm³/mol. The standard InChI is InChI=1S/C13H24N2O3/c1-12(2,3)18-11(16)15-7-5-13(17)9-14-6-4-10(13)8-15/h10,14,17H,4-9H2,1-3H3. The second-order valence-corrected chi connectivity index (χ2v) is 6.44. The Bertz CT molecular complexity index is 327. The molecular weight excluding hydrogens is 232 g/mol. The molecule has 5 heteroatoms. The topological polar surface area (TPSA) is 61.8 Å². The lowest BCUT2D eigenvalue weighted by Crippen LogP contribution is -2.61. The Labute approximate surface area is 108 Å². The van der Waals surface area contributed by atoms with Crippen molar-refractivity contribution in [3.63, 3.8) is 0 Å². The Kier molecular flexibility index (Phi) is 3.56. The molecule has 2 fully saturated rings. The second-order valence-electron chi connectivity index (χ2n) is 6.44. The van der Waals surface area contributed by atoms with Crippen LogP contribution in [0.4, 0.5) is 4.79 Å². The fourth-order valence-electron chi connectivity index (χ4n) is 2.73. The van der Waals surface area contributed by atoms with E-state index in [1.807, 2.05) is 20.8 Å². The van der Waals surface area contributed by atoms with Gasteiger partial charge in [0.05, 0.1) is 5.60 Å². The number of hydrogen-bond acceptors (Lipinski definition) is 4. The molecule has 104 valence electrons. The SMILES string of the molecule is CC(C)(C)OC(=O)N1CCC2(O)CNCCC2C1. The van der Waals surface area contributed by atoms with Crippen LogP contribution in [0, 0.1) is 5.92 Å². The molecule has 2 aliphatic heterocycles. The van der Waals surface area contributed by atoms with Crippen molar-refractivity contribution in [2.24, 2.45) is 5.92 Å². The van der Waals surface area contributed by atoms with E-state index in [4.69, 9.17) is 4.74 Å². The van der Waals surface area contributed by atoms with Gasteiger partial charge in [-0.25, -0.2) is 4.79 Å². The first-order valence-electron chi connectivity index (χ1n) is 6.71. The van der Waals surface area contributed by atoms with Crippen molar-refractivity contribution in [3.8, 4) is 0 Å². The van der Waals surface area contributed by atoms with Gasteiger partial charge in [-0.2, -0.15) is 0 Å². The van der Waals surface area contributed by atoms with Crippen LogP contribution in [-0.2, 0) is 4.74 Å². The number of carbonyl (C=O) groups is 1. The molecular formula is C13H24N2O3. The molecule has 0 aromatic rings. The summed E-state index contributed by atoms with van der Waals surface area (Å²) in [4.78, 5) is 13.7. The molecule has 2 atom stereocenters. The van der Waals surface area contributed by atoms with Gasteiger partial charge in [0, 0.05) is 25.6 Å². The van der Waals surface area contributed by atoms with Crippen molar-refractivity contribution in [1.29, 1.82) is 0 Å². The molecule has 1 amide bonds. The summed E-state index contributed by atoms with van der Waals surface area (Å²) in [6.45, 7) is 8.34. The van der Waals surface area contributed by atoms with Crippen LogP contribution in [-0.4, -0.2) is 53.5 Å². The molecule has 0 aromatic carbocycles. The maximum Gasteiger partial charge on any atom is 0.410 e. The molecule has 5 nitrogen and oxygen atoms in total. The first-order chi connectivity index (χ1) is 8.30. The van der Waals surface area contributed by atoms with Crippen LogP contribution in [0.25, 0.3) is 0 Å². The molecule has 0 bridgehead atoms. The lowest BCUT2D eigenvalue weighted by atomic mass is 9.77. The van der Waals surface area contributed by atoms with Gasteiger partial charge in [0.2, 0.25) is 0 Å². The van der Waals surface area contributed by atoms with Gasteiger partial charge < -0.3 is 20.1 Å². The lowest BCUT2D eigenvalue weighted by molar-refractivity contribution is -0.0858. The van der Waals surface area contributed by atoms with Crippen LogP contribution < -0.4 is 5.32 Å². The number of likely N-dealkylation sites (tertiary alicyclic amines) is 1. The van der Waals surface area contributed by atoms with Gasteiger partial charge in [-0.15, -0.1) is 0 Å². The molecule has 2 aliphatic rings. The number of β-amino-alcohol motifs (C(OH)–C–C–N with tert-alkyl or cyclic N) is 1. The Balaban J connectivity index is 1.96. The van der Waals surface area contributed by atoms with E-state index < -0.39 is 11.2 Å². The zero-order chi connectivity index (χ0) is 13.4. The minimum Gasteiger partial charge on any atom is -0.444 e. The second kappa shape index (κ2) is 4.70. The average Bonchev–Trinajstić information content (AvgIpc) is 2.25. The van der Waals surface area contributed by atoms with Crippen LogP contribution in [0.1, 0.15) is 33.6 Å². The van der Waals surface area contributed by atoms with E-state index in [1.54, 1.807) is 4.90 Å². The Morgan fingerprint density at radius 3 is 2.89 bits per heavy atom. The van der Waals surface area contributed by atoms with E-state index >= 15 is 0 Å². The largest absolute Gasteiger partial charge is 0.444 e. The maximum absolute atomic E-state index is 12.0. The minimum absolute atomic E-state index is 0.167. The minimum atomic E-state index is -0.642. The van der Waals surface area contributed by atoms with Crippen LogP contribution in [0.15, 0.2) is 0 Å². The van der Waals surface area contributed by atoms with Gasteiger partial charge in [-0.1, -0.05) is 0 Å². The highest BCUT2D eigenvalue weighted by Crippen LogP contribution is 2.32. The highest BCUT2D eigenvalue weighted by atomic mass is 16.6. The number of ether oxygens (including phenoxy) is 1. The van der Waals surface area contributed by atoms with Crippen molar-refractivity contribution in [2.75, 3.05) is 26.2 Å². The number of amides is 1. The van der Waals surface area contributed by atoms with Crippen LogP contribution in [0.3, 0.4) is 0 Å². The highest BCUT2D eigenvalue weighted by molar-refractivity contribution is 5.68. The molecule has 0 aliphatic carbocycles. The fourth-order valence-corrected chi connectivity index (χ4v) is 2.73. The predicted octanol–water partition coefficient (Wildman–Crippen LogP) is 0.968.